The van der Waals surface area contributed by atoms with Gasteiger partial charge in [0.15, 0.2) is 16.6 Å². The number of phenols is 1. The van der Waals surface area contributed by atoms with Crippen LogP contribution in [-0.4, -0.2) is 41.1 Å². The molecule has 10 heteroatoms. The minimum atomic E-state index is -1.04. The fraction of sp³-hybridized carbons (Fsp3) is 0.179. The lowest BCUT2D eigenvalue weighted by molar-refractivity contribution is -0.132. The first-order valence-corrected chi connectivity index (χ1v) is 13.1. The van der Waals surface area contributed by atoms with Crippen LogP contribution in [0.15, 0.2) is 58.6 Å². The van der Waals surface area contributed by atoms with Crippen molar-refractivity contribution < 1.29 is 29.3 Å². The molecule has 2 heterocycles. The second-order valence-corrected chi connectivity index (χ2v) is 10.7. The van der Waals surface area contributed by atoms with E-state index in [0.29, 0.717) is 26.5 Å². The van der Waals surface area contributed by atoms with Gasteiger partial charge in [-0.3, -0.25) is 14.5 Å². The highest BCUT2D eigenvalue weighted by Gasteiger charge is 2.48. The average Bonchev–Trinajstić information content (AvgIpc) is 3.43. The number of carbonyl (C=O) groups excluding carboxylic acids is 2. The zero-order valence-corrected chi connectivity index (χ0v) is 23.3. The topological polar surface area (TPSA) is 109 Å². The van der Waals surface area contributed by atoms with Gasteiger partial charge in [-0.2, -0.15) is 0 Å². The van der Waals surface area contributed by atoms with Gasteiger partial charge in [-0.15, -0.1) is 0 Å². The second-order valence-electron chi connectivity index (χ2n) is 8.88. The van der Waals surface area contributed by atoms with Crippen molar-refractivity contribution in [2.45, 2.75) is 19.9 Å². The molecule has 0 radical (unpaired) electrons. The third-order valence-electron chi connectivity index (χ3n) is 6.42. The molecule has 1 saturated heterocycles. The third kappa shape index (κ3) is 4.19. The molecule has 3 aromatic carbocycles. The quantitative estimate of drug-likeness (QED) is 0.165. The first-order valence-electron chi connectivity index (χ1n) is 11.5. The molecule has 0 bridgehead atoms. The Morgan fingerprint density at radius 1 is 1.05 bits per heavy atom. The van der Waals surface area contributed by atoms with Gasteiger partial charge in [-0.05, 0) is 88.9 Å². The van der Waals surface area contributed by atoms with Crippen LogP contribution in [0.4, 0.5) is 5.13 Å². The van der Waals surface area contributed by atoms with E-state index in [1.807, 2.05) is 26.0 Å². The van der Waals surface area contributed by atoms with E-state index in [2.05, 4.69) is 15.9 Å². The van der Waals surface area contributed by atoms with Crippen LogP contribution in [0.2, 0.25) is 0 Å². The number of aromatic nitrogens is 1. The number of ether oxygens (including phenoxy) is 2. The van der Waals surface area contributed by atoms with E-state index >= 15 is 0 Å². The van der Waals surface area contributed by atoms with E-state index < -0.39 is 17.7 Å². The first-order chi connectivity index (χ1) is 18.1. The molecule has 1 atom stereocenters. The van der Waals surface area contributed by atoms with Crippen LogP contribution in [0.5, 0.6) is 17.2 Å². The molecule has 1 amide bonds. The van der Waals surface area contributed by atoms with Gasteiger partial charge in [-0.1, -0.05) is 17.4 Å². The highest BCUT2D eigenvalue weighted by Crippen LogP contribution is 2.47. The molecular formula is C28H23BrN2O6S. The number of phenolic OH excluding ortho intramolecular Hbond substituents is 1. The number of nitrogens with zero attached hydrogens (tertiary/aromatic N) is 2. The number of aliphatic hydroxyl groups is 1. The van der Waals surface area contributed by atoms with Gasteiger partial charge in [0.1, 0.15) is 11.5 Å². The van der Waals surface area contributed by atoms with Crippen molar-refractivity contribution in [3.63, 3.8) is 0 Å². The van der Waals surface area contributed by atoms with E-state index in [1.165, 1.54) is 36.5 Å². The number of rotatable bonds is 5. The van der Waals surface area contributed by atoms with Crippen LogP contribution in [0.3, 0.4) is 0 Å². The van der Waals surface area contributed by atoms with Gasteiger partial charge < -0.3 is 19.7 Å². The highest BCUT2D eigenvalue weighted by atomic mass is 79.9. The summed E-state index contributed by atoms with van der Waals surface area (Å²) in [6.07, 6.45) is 0. The number of fused-ring (bicyclic) bond motifs is 1. The van der Waals surface area contributed by atoms with Crippen molar-refractivity contribution in [1.29, 1.82) is 0 Å². The molecule has 194 valence electrons. The van der Waals surface area contributed by atoms with Crippen molar-refractivity contribution in [3.8, 4) is 17.2 Å². The van der Waals surface area contributed by atoms with Crippen LogP contribution >= 0.6 is 27.3 Å². The third-order valence-corrected chi connectivity index (χ3v) is 8.03. The average molecular weight is 595 g/mol. The molecule has 0 aliphatic carbocycles. The Morgan fingerprint density at radius 2 is 1.76 bits per heavy atom. The lowest BCUT2D eigenvalue weighted by Crippen LogP contribution is -2.29. The SMILES string of the molecule is COc1ccc(/C(O)=C2\C(=O)C(=O)N(c3nc4c(C)cc(C)cc4s3)C2c2cc(Br)c(O)c(OC)c2)cc1. The summed E-state index contributed by atoms with van der Waals surface area (Å²) in [5.74, 6) is -1.42. The normalized spacial score (nSPS) is 16.9. The monoisotopic (exact) mass is 594 g/mol. The molecule has 1 aliphatic heterocycles. The number of aryl methyl sites for hydroxylation is 2. The maximum absolute atomic E-state index is 13.6. The Kier molecular flexibility index (Phi) is 6.62. The standard InChI is InChI=1S/C28H23BrN2O6S/c1-13-9-14(2)22-20(10-13)38-28(30-22)31-23(16-11-18(29)25(33)19(12-16)37-4)21(26(34)27(31)35)24(32)15-5-7-17(36-3)8-6-15/h5-12,23,32-33H,1-4H3/b24-21+. The van der Waals surface area contributed by atoms with Gasteiger partial charge in [0, 0.05) is 5.56 Å². The predicted octanol–water partition coefficient (Wildman–Crippen LogP) is 6.02. The van der Waals surface area contributed by atoms with E-state index in [0.717, 1.165) is 21.3 Å². The van der Waals surface area contributed by atoms with Crippen molar-refractivity contribution >= 4 is 60.1 Å². The number of amides is 1. The number of hydrogen-bond donors (Lipinski definition) is 2. The summed E-state index contributed by atoms with van der Waals surface area (Å²) in [6, 6.07) is 12.6. The molecule has 2 N–H and O–H groups in total. The van der Waals surface area contributed by atoms with Gasteiger partial charge in [0.05, 0.1) is 40.5 Å². The lowest BCUT2D eigenvalue weighted by Gasteiger charge is -2.24. The smallest absolute Gasteiger partial charge is 0.301 e. The van der Waals surface area contributed by atoms with E-state index in [1.54, 1.807) is 30.3 Å². The summed E-state index contributed by atoms with van der Waals surface area (Å²) >= 11 is 4.62. The molecule has 1 unspecified atom stereocenters. The first kappa shape index (κ1) is 25.7. The van der Waals surface area contributed by atoms with E-state index in [-0.39, 0.29) is 22.8 Å². The maximum atomic E-state index is 13.6. The van der Waals surface area contributed by atoms with E-state index in [9.17, 15) is 19.8 Å². The summed E-state index contributed by atoms with van der Waals surface area (Å²) in [5, 5.41) is 22.1. The van der Waals surface area contributed by atoms with Crippen LogP contribution in [0.25, 0.3) is 16.0 Å². The van der Waals surface area contributed by atoms with Crippen molar-refractivity contribution in [2.24, 2.45) is 0 Å². The zero-order chi connectivity index (χ0) is 27.3. The molecule has 4 aromatic rings. The number of thiazole rings is 1. The van der Waals surface area contributed by atoms with Crippen LogP contribution in [0.1, 0.15) is 28.3 Å². The number of benzene rings is 3. The molecule has 0 spiro atoms. The number of methoxy groups -OCH3 is 2. The Balaban J connectivity index is 1.77. The minimum Gasteiger partial charge on any atom is -0.507 e. The largest absolute Gasteiger partial charge is 0.507 e. The van der Waals surface area contributed by atoms with E-state index in [4.69, 9.17) is 14.5 Å². The summed E-state index contributed by atoms with van der Waals surface area (Å²) in [5.41, 5.74) is 3.41. The van der Waals surface area contributed by atoms with Crippen molar-refractivity contribution in [1.82, 2.24) is 4.98 Å². The summed E-state index contributed by atoms with van der Waals surface area (Å²) in [7, 11) is 2.93. The number of hydrogen-bond acceptors (Lipinski definition) is 8. The molecule has 1 aliphatic rings. The van der Waals surface area contributed by atoms with Crippen LogP contribution in [-0.2, 0) is 9.59 Å². The van der Waals surface area contributed by atoms with Gasteiger partial charge in [0.2, 0.25) is 0 Å². The van der Waals surface area contributed by atoms with Gasteiger partial charge in [0.25, 0.3) is 5.78 Å². The molecule has 8 nitrogen and oxygen atoms in total. The van der Waals surface area contributed by atoms with Crippen LogP contribution < -0.4 is 14.4 Å². The summed E-state index contributed by atoms with van der Waals surface area (Å²) < 4.78 is 11.7. The van der Waals surface area contributed by atoms with Gasteiger partial charge in [-0.25, -0.2) is 4.98 Å². The Labute approximate surface area is 230 Å². The molecule has 5 rings (SSSR count). The van der Waals surface area contributed by atoms with Gasteiger partial charge >= 0.3 is 5.91 Å². The maximum Gasteiger partial charge on any atom is 0.301 e. The highest BCUT2D eigenvalue weighted by molar-refractivity contribution is 9.10. The molecule has 1 fully saturated rings. The summed E-state index contributed by atoms with van der Waals surface area (Å²) in [6.45, 7) is 3.92. The fourth-order valence-electron chi connectivity index (χ4n) is 4.62. The zero-order valence-electron chi connectivity index (χ0n) is 20.9. The number of anilines is 1. The predicted molar refractivity (Wildman–Crippen MR) is 149 cm³/mol. The van der Waals surface area contributed by atoms with Crippen molar-refractivity contribution in [3.05, 3.63) is 80.8 Å². The Morgan fingerprint density at radius 3 is 2.42 bits per heavy atom. The fourth-order valence-corrected chi connectivity index (χ4v) is 6.25. The molecule has 0 saturated carbocycles. The molecule has 38 heavy (non-hydrogen) atoms. The number of halogens is 1. The molecular weight excluding hydrogens is 572 g/mol. The summed E-state index contributed by atoms with van der Waals surface area (Å²) in [4.78, 5) is 33.1. The number of ketones is 1. The number of aromatic hydroxyl groups is 1. The Bertz CT molecular complexity index is 1640. The van der Waals surface area contributed by atoms with Crippen molar-refractivity contribution in [2.75, 3.05) is 19.1 Å². The lowest BCUT2D eigenvalue weighted by atomic mass is 9.95. The Hall–Kier alpha value is -3.89. The number of carbonyl (C=O) groups is 2. The molecule has 1 aromatic heterocycles. The number of Topliss-reactive ketones (excluding diaryl/α,β-unsaturated/α-hetero) is 1. The minimum absolute atomic E-state index is 0.105. The van der Waals surface area contributed by atoms with Crippen LogP contribution in [0, 0.1) is 13.8 Å². The number of aliphatic hydroxyl groups excluding tert-OH is 1. The second kappa shape index (κ2) is 9.77.